The molecule has 6 heteroatoms. The Balaban J connectivity index is 2.58. The summed E-state index contributed by atoms with van der Waals surface area (Å²) in [5.41, 5.74) is -0.242. The molecular formula is C13H9ClO5. The van der Waals surface area contributed by atoms with Crippen LogP contribution in [0.1, 0.15) is 38.0 Å². The summed E-state index contributed by atoms with van der Waals surface area (Å²) in [6, 6.07) is 2.30. The van der Waals surface area contributed by atoms with Gasteiger partial charge in [0.25, 0.3) is 0 Å². The third kappa shape index (κ3) is 2.24. The van der Waals surface area contributed by atoms with E-state index in [0.717, 1.165) is 12.1 Å². The predicted octanol–water partition coefficient (Wildman–Crippen LogP) is 2.07. The molecule has 2 rings (SSSR count). The van der Waals surface area contributed by atoms with E-state index in [4.69, 9.17) is 16.3 Å². The van der Waals surface area contributed by atoms with Crippen molar-refractivity contribution in [3.8, 4) is 5.75 Å². The van der Waals surface area contributed by atoms with Crippen molar-refractivity contribution in [3.05, 3.63) is 39.9 Å². The summed E-state index contributed by atoms with van der Waals surface area (Å²) in [5.74, 6) is -2.34. The van der Waals surface area contributed by atoms with Gasteiger partial charge in [0.2, 0.25) is 5.78 Å². The molecule has 1 aromatic rings. The van der Waals surface area contributed by atoms with E-state index in [1.807, 2.05) is 0 Å². The molecule has 0 saturated carbocycles. The Morgan fingerprint density at radius 3 is 2.68 bits per heavy atom. The second kappa shape index (κ2) is 4.85. The van der Waals surface area contributed by atoms with Gasteiger partial charge in [0, 0.05) is 11.6 Å². The Kier molecular flexibility index (Phi) is 3.40. The van der Waals surface area contributed by atoms with E-state index in [0.29, 0.717) is 0 Å². The van der Waals surface area contributed by atoms with E-state index in [1.54, 1.807) is 6.92 Å². The van der Waals surface area contributed by atoms with Crippen LogP contribution in [0.25, 0.3) is 0 Å². The van der Waals surface area contributed by atoms with Crippen molar-refractivity contribution in [1.82, 2.24) is 0 Å². The first-order valence-corrected chi connectivity index (χ1v) is 5.83. The lowest BCUT2D eigenvalue weighted by Crippen LogP contribution is -2.16. The average molecular weight is 281 g/mol. The van der Waals surface area contributed by atoms with E-state index in [2.05, 4.69) is 0 Å². The van der Waals surface area contributed by atoms with Gasteiger partial charge in [-0.05, 0) is 19.1 Å². The van der Waals surface area contributed by atoms with Gasteiger partial charge in [-0.1, -0.05) is 11.6 Å². The number of hydrogen-bond acceptors (Lipinski definition) is 5. The van der Waals surface area contributed by atoms with Crippen molar-refractivity contribution < 1.29 is 24.2 Å². The number of allylic oxidation sites excluding steroid dienone is 2. The Bertz CT molecular complexity index is 630. The molecule has 0 saturated heterocycles. The first kappa shape index (κ1) is 13.3. The predicted molar refractivity (Wildman–Crippen MR) is 66.7 cm³/mol. The molecule has 0 aromatic heterocycles. The van der Waals surface area contributed by atoms with Crippen LogP contribution in [0.5, 0.6) is 5.75 Å². The summed E-state index contributed by atoms with van der Waals surface area (Å²) in [6.45, 7) is 1.79. The number of carbonyl (C=O) groups is 3. The van der Waals surface area contributed by atoms with Crippen LogP contribution >= 0.6 is 11.6 Å². The molecule has 98 valence electrons. The number of benzene rings is 1. The molecule has 0 amide bonds. The molecule has 0 heterocycles. The van der Waals surface area contributed by atoms with Crippen LogP contribution in [0, 0.1) is 0 Å². The van der Waals surface area contributed by atoms with Crippen molar-refractivity contribution in [2.45, 2.75) is 6.92 Å². The first-order chi connectivity index (χ1) is 8.95. The van der Waals surface area contributed by atoms with Crippen LogP contribution in [-0.2, 0) is 4.74 Å². The first-order valence-electron chi connectivity index (χ1n) is 5.46. The van der Waals surface area contributed by atoms with Gasteiger partial charge in [0.15, 0.2) is 5.78 Å². The zero-order valence-corrected chi connectivity index (χ0v) is 10.7. The molecular weight excluding hydrogens is 272 g/mol. The number of halogens is 1. The van der Waals surface area contributed by atoms with Gasteiger partial charge < -0.3 is 9.84 Å². The number of esters is 1. The summed E-state index contributed by atoms with van der Waals surface area (Å²) in [7, 11) is 0. The quantitative estimate of drug-likeness (QED) is 0.839. The molecule has 0 aliphatic heterocycles. The number of ether oxygens (including phenoxy) is 1. The Hall–Kier alpha value is -2.14. The van der Waals surface area contributed by atoms with Crippen LogP contribution in [-0.4, -0.2) is 29.2 Å². The van der Waals surface area contributed by atoms with E-state index in [-0.39, 0.29) is 28.3 Å². The summed E-state index contributed by atoms with van der Waals surface area (Å²) >= 11 is 5.60. The minimum absolute atomic E-state index is 0.00525. The second-order valence-corrected chi connectivity index (χ2v) is 4.23. The van der Waals surface area contributed by atoms with Crippen molar-refractivity contribution in [2.24, 2.45) is 0 Å². The van der Waals surface area contributed by atoms with E-state index >= 15 is 0 Å². The summed E-state index contributed by atoms with van der Waals surface area (Å²) in [6.07, 6.45) is 0.959. The summed E-state index contributed by atoms with van der Waals surface area (Å²) in [5, 5.41) is 9.53. The highest BCUT2D eigenvalue weighted by molar-refractivity contribution is 6.49. The van der Waals surface area contributed by atoms with E-state index < -0.39 is 23.3 Å². The number of phenols is 1. The highest BCUT2D eigenvalue weighted by Crippen LogP contribution is 2.31. The molecule has 0 unspecified atom stereocenters. The number of hydrogen-bond donors (Lipinski definition) is 1. The van der Waals surface area contributed by atoms with Crippen LogP contribution in [0.4, 0.5) is 0 Å². The maximum Gasteiger partial charge on any atom is 0.338 e. The SMILES string of the molecule is CCOC(=O)c1cc(O)c2c(c1)C(=O)C=C(Cl)C2=O. The molecule has 1 aliphatic carbocycles. The van der Waals surface area contributed by atoms with Gasteiger partial charge in [-0.2, -0.15) is 0 Å². The Morgan fingerprint density at radius 1 is 1.37 bits per heavy atom. The van der Waals surface area contributed by atoms with Gasteiger partial charge in [-0.3, -0.25) is 9.59 Å². The number of carbonyl (C=O) groups excluding carboxylic acids is 3. The molecule has 0 fully saturated rings. The van der Waals surface area contributed by atoms with Crippen molar-refractivity contribution >= 4 is 29.1 Å². The zero-order chi connectivity index (χ0) is 14.2. The van der Waals surface area contributed by atoms with Crippen LogP contribution in [0.2, 0.25) is 0 Å². The minimum atomic E-state index is -0.679. The lowest BCUT2D eigenvalue weighted by Gasteiger charge is -2.14. The molecule has 1 aliphatic rings. The lowest BCUT2D eigenvalue weighted by atomic mass is 9.92. The normalized spacial score (nSPS) is 13.9. The molecule has 19 heavy (non-hydrogen) atoms. The van der Waals surface area contributed by atoms with E-state index in [1.165, 1.54) is 6.07 Å². The molecule has 5 nitrogen and oxygen atoms in total. The maximum absolute atomic E-state index is 11.8. The molecule has 0 radical (unpaired) electrons. The van der Waals surface area contributed by atoms with Gasteiger partial charge in [0.05, 0.1) is 22.8 Å². The van der Waals surface area contributed by atoms with Crippen molar-refractivity contribution in [2.75, 3.05) is 6.61 Å². The van der Waals surface area contributed by atoms with Gasteiger partial charge >= 0.3 is 5.97 Å². The molecule has 1 aromatic carbocycles. The number of phenolic OH excluding ortho intramolecular Hbond substituents is 1. The third-order valence-electron chi connectivity index (χ3n) is 2.60. The van der Waals surface area contributed by atoms with Gasteiger partial charge in [0.1, 0.15) is 5.75 Å². The topological polar surface area (TPSA) is 80.7 Å². The van der Waals surface area contributed by atoms with Gasteiger partial charge in [-0.15, -0.1) is 0 Å². The van der Waals surface area contributed by atoms with Crippen molar-refractivity contribution in [1.29, 1.82) is 0 Å². The van der Waals surface area contributed by atoms with Crippen LogP contribution < -0.4 is 0 Å². The smallest absolute Gasteiger partial charge is 0.338 e. The fourth-order valence-electron chi connectivity index (χ4n) is 1.77. The average Bonchev–Trinajstić information content (AvgIpc) is 2.35. The molecule has 0 atom stereocenters. The second-order valence-electron chi connectivity index (χ2n) is 3.82. The number of aromatic hydroxyl groups is 1. The highest BCUT2D eigenvalue weighted by Gasteiger charge is 2.29. The van der Waals surface area contributed by atoms with Crippen molar-refractivity contribution in [3.63, 3.8) is 0 Å². The largest absolute Gasteiger partial charge is 0.507 e. The number of fused-ring (bicyclic) bond motifs is 1. The minimum Gasteiger partial charge on any atom is -0.507 e. The number of Topliss-reactive ketones (excluding diaryl/α,β-unsaturated/α-hetero) is 1. The molecule has 0 spiro atoms. The fourth-order valence-corrected chi connectivity index (χ4v) is 1.96. The standard InChI is InChI=1S/C13H9ClO5/c1-2-19-13(18)6-3-7-9(15)5-8(14)12(17)11(7)10(16)4-6/h3-5,16H,2H2,1H3. The number of rotatable bonds is 2. The Labute approximate surface area is 113 Å². The monoisotopic (exact) mass is 280 g/mol. The summed E-state index contributed by atoms with van der Waals surface area (Å²) < 4.78 is 4.77. The molecule has 1 N–H and O–H groups in total. The molecule has 0 bridgehead atoms. The lowest BCUT2D eigenvalue weighted by molar-refractivity contribution is 0.0525. The maximum atomic E-state index is 11.8. The third-order valence-corrected chi connectivity index (χ3v) is 2.88. The summed E-state index contributed by atoms with van der Waals surface area (Å²) in [4.78, 5) is 35.1. The van der Waals surface area contributed by atoms with Gasteiger partial charge in [-0.25, -0.2) is 4.79 Å². The van der Waals surface area contributed by atoms with Crippen LogP contribution in [0.3, 0.4) is 0 Å². The van der Waals surface area contributed by atoms with E-state index in [9.17, 15) is 19.5 Å². The Morgan fingerprint density at radius 2 is 2.05 bits per heavy atom. The van der Waals surface area contributed by atoms with Crippen LogP contribution in [0.15, 0.2) is 23.2 Å². The highest BCUT2D eigenvalue weighted by atomic mass is 35.5. The fraction of sp³-hybridized carbons (Fsp3) is 0.154. The number of ketones is 2. The zero-order valence-electron chi connectivity index (χ0n) is 9.90.